The van der Waals surface area contributed by atoms with E-state index in [2.05, 4.69) is 9.72 Å². The molecular weight excluding hydrogens is 1170 g/mol. The van der Waals surface area contributed by atoms with Gasteiger partial charge >= 0.3 is 59.4 Å². The van der Waals surface area contributed by atoms with Crippen LogP contribution in [0.25, 0.3) is 0 Å². The van der Waals surface area contributed by atoms with Gasteiger partial charge in [0.1, 0.15) is 6.15 Å². The van der Waals surface area contributed by atoms with Crippen molar-refractivity contribution in [3.05, 3.63) is 177 Å². The molecule has 1 heterocycles. The lowest BCUT2D eigenvalue weighted by molar-refractivity contribution is -0.689. The summed E-state index contributed by atoms with van der Waals surface area (Å²) in [4.78, 5) is 15.6. The molecule has 0 aliphatic carbocycles. The molecule has 1 aromatic heterocycles. The Morgan fingerprint density at radius 2 is 0.688 bits per heavy atom. The van der Waals surface area contributed by atoms with Crippen molar-refractivity contribution in [2.45, 2.75) is 59.9 Å². The van der Waals surface area contributed by atoms with E-state index in [0.717, 1.165) is 5.56 Å². The number of benzene rings is 5. The summed E-state index contributed by atoms with van der Waals surface area (Å²) in [6.07, 6.45) is -50.1. The predicted molar refractivity (Wildman–Crippen MR) is 226 cm³/mol. The Kier molecular flexibility index (Phi) is 17.1. The van der Waals surface area contributed by atoms with Gasteiger partial charge in [0.05, 0.1) is 50.7 Å². The van der Waals surface area contributed by atoms with Gasteiger partial charge in [-0.05, 0) is 59.1 Å². The summed E-state index contributed by atoms with van der Waals surface area (Å²) in [5.74, 6) is -0.799. The van der Waals surface area contributed by atoms with Gasteiger partial charge in [-0.3, -0.25) is 0 Å². The van der Waals surface area contributed by atoms with Crippen molar-refractivity contribution in [3.8, 4) is 0 Å². The van der Waals surface area contributed by atoms with E-state index in [1.54, 1.807) is 10.8 Å². The van der Waals surface area contributed by atoms with E-state index in [1.165, 1.54) is 12.4 Å². The van der Waals surface area contributed by atoms with Crippen LogP contribution in [0.2, 0.25) is 0 Å². The maximum Gasteiger partial charge on any atom is 0.416 e. The third-order valence-electron chi connectivity index (χ3n) is 10.8. The van der Waals surface area contributed by atoms with Crippen LogP contribution in [0.15, 0.2) is 122 Å². The van der Waals surface area contributed by atoms with Crippen molar-refractivity contribution in [1.82, 2.24) is 4.98 Å². The Morgan fingerprint density at radius 1 is 0.429 bits per heavy atom. The van der Waals surface area contributed by atoms with Crippen molar-refractivity contribution in [3.63, 3.8) is 0 Å². The highest BCUT2D eigenvalue weighted by molar-refractivity contribution is 7.20. The van der Waals surface area contributed by atoms with Gasteiger partial charge in [0.25, 0.3) is 0 Å². The van der Waals surface area contributed by atoms with Crippen LogP contribution in [-0.2, 0) is 60.7 Å². The number of rotatable bonds is 7. The monoisotopic (exact) mass is 1190 g/mol. The molecule has 6 rings (SSSR count). The van der Waals surface area contributed by atoms with E-state index >= 15 is 0 Å². The molecule has 77 heavy (non-hydrogen) atoms. The zero-order chi connectivity index (χ0) is 58.5. The second-order valence-electron chi connectivity index (χ2n) is 16.2. The van der Waals surface area contributed by atoms with Crippen LogP contribution in [-0.4, -0.2) is 21.1 Å². The molecule has 416 valence electrons. The summed E-state index contributed by atoms with van der Waals surface area (Å²) in [5.41, 5.74) is -29.1. The molecule has 5 aromatic carbocycles. The van der Waals surface area contributed by atoms with Crippen LogP contribution in [0, 0.1) is 0 Å². The van der Waals surface area contributed by atoms with E-state index in [9.17, 15) is 110 Å². The van der Waals surface area contributed by atoms with Gasteiger partial charge in [0.2, 0.25) is 11.9 Å². The minimum absolute atomic E-state index is 0.0646. The summed E-state index contributed by atoms with van der Waals surface area (Å²) in [6.45, 7) is 0.595. The Morgan fingerprint density at radius 3 is 0.922 bits per heavy atom. The molecule has 0 aliphatic rings. The Bertz CT molecular complexity index is 2670. The van der Waals surface area contributed by atoms with Gasteiger partial charge in [0.15, 0.2) is 12.7 Å². The molecule has 0 bridgehead atoms. The highest BCUT2D eigenvalue weighted by Crippen LogP contribution is 2.41. The third-order valence-corrected chi connectivity index (χ3v) is 11.1. The number of carbonyl (C=O) groups is 1. The molecule has 0 radical (unpaired) electrons. The number of ether oxygens (including phenoxy) is 1. The zero-order valence-corrected chi connectivity index (χ0v) is 39.0. The number of nitrogens with zero attached hydrogens (tertiary/aromatic N) is 2. The number of carbonyl (C=O) groups excluding carboxylic acids is 1. The summed E-state index contributed by atoms with van der Waals surface area (Å²) < 4.78 is 345. The van der Waals surface area contributed by atoms with Crippen LogP contribution in [0.5, 0.6) is 0 Å². The Balaban J connectivity index is 0.000000455. The lowest BCUT2D eigenvalue weighted by Crippen LogP contribution is -2.75. The summed E-state index contributed by atoms with van der Waals surface area (Å²) >= 11 is 16.2. The number of hydrogen-bond donors (Lipinski definition) is 0. The number of esters is 1. The first-order valence-electron chi connectivity index (χ1n) is 20.2. The first kappa shape index (κ1) is 61.8. The van der Waals surface area contributed by atoms with Gasteiger partial charge in [-0.2, -0.15) is 132 Å². The molecule has 6 aromatic rings. The topological polar surface area (TPSA) is 43.1 Å². The second-order valence-corrected chi connectivity index (χ2v) is 18.3. The van der Waals surface area contributed by atoms with E-state index in [4.69, 9.17) is 34.8 Å². The quantitative estimate of drug-likeness (QED) is 0.0526. The molecule has 4 nitrogen and oxygen atoms in total. The highest BCUT2D eigenvalue weighted by Gasteiger charge is 2.47. The third kappa shape index (κ3) is 15.4. The molecule has 0 spiro atoms. The number of aromatic nitrogens is 2. The van der Waals surface area contributed by atoms with Crippen molar-refractivity contribution >= 4 is 68.8 Å². The Hall–Kier alpha value is -6.10. The smallest absolute Gasteiger partial charge is 0.410 e. The molecule has 0 atom stereocenters. The van der Waals surface area contributed by atoms with Gasteiger partial charge in [-0.15, -0.1) is 0 Å². The number of alkyl halides is 27. The average Bonchev–Trinajstić information content (AvgIpc) is 3.27. The van der Waals surface area contributed by atoms with Crippen LogP contribution in [0.1, 0.15) is 60.6 Å². The molecule has 32 heteroatoms. The summed E-state index contributed by atoms with van der Waals surface area (Å²) in [6, 6.07) is 0.962. The molecule has 0 fully saturated rings. The predicted octanol–water partition coefficient (Wildman–Crippen LogP) is 14.1. The van der Waals surface area contributed by atoms with Crippen LogP contribution in [0.4, 0.5) is 105 Å². The SMILES string of the molecule is FC(F)(F)c1cc([B-](c2cc(C(F)(F)F)cc(C(F)(F)F)c2)(c2cc(C(F)(F)F)cc(C(F)(F)F)c2)c2cc(C(F)(F)F)cc(C(F)(F)F)c2)cc(C(F)(F)F)c1.O=C(OC(Cl)(Cl)Cl)c1c[n+](Cc2ccccc2)ccn1. The van der Waals surface area contributed by atoms with Crippen molar-refractivity contribution in [2.24, 2.45) is 0 Å². The lowest BCUT2D eigenvalue weighted by atomic mass is 9.12. The zero-order valence-electron chi connectivity index (χ0n) is 36.7. The standard InChI is InChI=1S/C32H12BF24.C13H10Cl3N2O2/c34-25(35,36)13-1-14(26(37,38)39)6-21(5-13)33(22-7-15(27(40,41)42)2-16(8-22)28(43,44)45,23-9-17(29(46,47)48)3-18(10-23)30(49,50)51)24-11-19(31(52,53)54)4-20(12-24)32(55,56)57;14-13(15,16)20-12(19)11-9-18(7-6-17-11)8-10-4-2-1-3-5-10/h1-12H;1-7,9H,8H2/q-1;+1. The highest BCUT2D eigenvalue weighted by atomic mass is 35.6. The van der Waals surface area contributed by atoms with Gasteiger partial charge in [0, 0.05) is 5.56 Å². The number of hydrogen-bond acceptors (Lipinski definition) is 3. The van der Waals surface area contributed by atoms with E-state index in [-0.39, 0.29) is 5.69 Å². The summed E-state index contributed by atoms with van der Waals surface area (Å²) in [7, 11) is 0. The molecule has 0 N–H and O–H groups in total. The first-order valence-corrected chi connectivity index (χ1v) is 21.4. The number of halogens is 27. The molecular formula is C45H22BCl3F24N2O2. The average molecular weight is 1200 g/mol. The fourth-order valence-electron chi connectivity index (χ4n) is 7.66. The molecule has 0 amide bonds. The van der Waals surface area contributed by atoms with Crippen molar-refractivity contribution in [2.75, 3.05) is 0 Å². The van der Waals surface area contributed by atoms with E-state index in [0.29, 0.717) is 6.54 Å². The first-order chi connectivity index (χ1) is 34.7. The van der Waals surface area contributed by atoms with Crippen LogP contribution in [0.3, 0.4) is 0 Å². The van der Waals surface area contributed by atoms with E-state index in [1.807, 2.05) is 30.3 Å². The fraction of sp³-hybridized carbons (Fsp3) is 0.222. The van der Waals surface area contributed by atoms with Gasteiger partial charge in [-0.25, -0.2) is 9.78 Å². The Labute approximate surface area is 429 Å². The summed E-state index contributed by atoms with van der Waals surface area (Å²) in [5, 5.41) is 0. The van der Waals surface area contributed by atoms with E-state index < -0.39 is 205 Å². The van der Waals surface area contributed by atoms with Gasteiger partial charge < -0.3 is 4.74 Å². The molecule has 0 aliphatic heterocycles. The minimum atomic E-state index is -6.13. The lowest BCUT2D eigenvalue weighted by Gasteiger charge is -2.46. The van der Waals surface area contributed by atoms with Crippen molar-refractivity contribution < 1.29 is 119 Å². The van der Waals surface area contributed by atoms with Gasteiger partial charge in [-0.1, -0.05) is 78.9 Å². The largest absolute Gasteiger partial charge is 0.416 e. The van der Waals surface area contributed by atoms with Crippen molar-refractivity contribution in [1.29, 1.82) is 0 Å². The molecule has 0 saturated heterocycles. The normalized spacial score (nSPS) is 13.5. The maximum absolute atomic E-state index is 14.2. The molecule has 0 saturated carbocycles. The molecule has 0 unspecified atom stereocenters. The second kappa shape index (κ2) is 21.3. The van der Waals surface area contributed by atoms with Crippen LogP contribution >= 0.6 is 34.8 Å². The minimum Gasteiger partial charge on any atom is -0.410 e. The van der Waals surface area contributed by atoms with Crippen LogP contribution < -0.4 is 26.4 Å². The fourth-order valence-corrected chi connectivity index (χ4v) is 7.87. The maximum atomic E-state index is 14.2.